The average molecular weight is 444 g/mol. The Labute approximate surface area is 151 Å². The first-order valence-corrected chi connectivity index (χ1v) is 10.4. The van der Waals surface area contributed by atoms with E-state index < -0.39 is 48.2 Å². The van der Waals surface area contributed by atoms with Crippen LogP contribution in [-0.2, 0) is 28.6 Å². The van der Waals surface area contributed by atoms with Crippen molar-refractivity contribution in [3.05, 3.63) is 23.7 Å². The average Bonchev–Trinajstić information content (AvgIpc) is 2.49. The van der Waals surface area contributed by atoms with Crippen LogP contribution in [-0.4, -0.2) is 27.9 Å². The Morgan fingerprint density at radius 1 is 0.741 bits per heavy atom. The van der Waals surface area contributed by atoms with Gasteiger partial charge in [0.25, 0.3) is 0 Å². The predicted molar refractivity (Wildman–Crippen MR) is 78.4 cm³/mol. The Hall–Kier alpha value is -1.44. The monoisotopic (exact) mass is 444 g/mol. The van der Waals surface area contributed by atoms with E-state index in [-0.39, 0.29) is 38.5 Å². The van der Waals surface area contributed by atoms with Crippen LogP contribution in [0.4, 0.5) is 26.3 Å². The fourth-order valence-corrected chi connectivity index (χ4v) is 4.08. The molecule has 27 heavy (non-hydrogen) atoms. The van der Waals surface area contributed by atoms with Gasteiger partial charge < -0.3 is 8.37 Å². The van der Waals surface area contributed by atoms with Crippen molar-refractivity contribution >= 4 is 20.2 Å². The first kappa shape index (κ1) is 21.9. The van der Waals surface area contributed by atoms with Crippen LogP contribution in [0.2, 0.25) is 0 Å². The molecule has 0 aromatic carbocycles. The summed E-state index contributed by atoms with van der Waals surface area (Å²) in [7, 11) is -12.2. The van der Waals surface area contributed by atoms with E-state index in [1.807, 2.05) is 0 Å². The summed E-state index contributed by atoms with van der Waals surface area (Å²) in [5, 5.41) is 0. The molecule has 0 unspecified atom stereocenters. The van der Waals surface area contributed by atoms with E-state index >= 15 is 0 Å². The maximum Gasteiger partial charge on any atom is 0.534 e. The van der Waals surface area contributed by atoms with Crippen molar-refractivity contribution in [3.63, 3.8) is 0 Å². The molecule has 0 radical (unpaired) electrons. The molecule has 156 valence electrons. The Morgan fingerprint density at radius 3 is 1.37 bits per heavy atom. The van der Waals surface area contributed by atoms with Gasteiger partial charge in [-0.3, -0.25) is 0 Å². The van der Waals surface area contributed by atoms with Gasteiger partial charge in [-0.1, -0.05) is 0 Å². The number of hydrogen-bond acceptors (Lipinski definition) is 6. The fraction of sp³-hybridized carbons (Fsp3) is 0.692. The largest absolute Gasteiger partial charge is 0.534 e. The third kappa shape index (κ3) is 4.20. The van der Waals surface area contributed by atoms with E-state index in [2.05, 4.69) is 8.37 Å². The van der Waals surface area contributed by atoms with Gasteiger partial charge in [0.2, 0.25) is 0 Å². The van der Waals surface area contributed by atoms with Crippen LogP contribution in [0, 0.1) is 5.41 Å². The van der Waals surface area contributed by atoms with Crippen molar-refractivity contribution in [1.82, 2.24) is 0 Å². The zero-order valence-electron chi connectivity index (χ0n) is 13.4. The van der Waals surface area contributed by atoms with Gasteiger partial charge in [-0.05, 0) is 50.7 Å². The Bertz CT molecular complexity index is 779. The molecule has 0 aromatic rings. The summed E-state index contributed by atoms with van der Waals surface area (Å²) in [6, 6.07) is 0. The van der Waals surface area contributed by atoms with Gasteiger partial charge in [-0.2, -0.15) is 43.2 Å². The van der Waals surface area contributed by atoms with Crippen LogP contribution >= 0.6 is 0 Å². The van der Waals surface area contributed by atoms with Gasteiger partial charge in [0, 0.05) is 0 Å². The highest BCUT2D eigenvalue weighted by Gasteiger charge is 2.55. The molecule has 2 rings (SSSR count). The Kier molecular flexibility index (Phi) is 5.56. The van der Waals surface area contributed by atoms with E-state index in [4.69, 9.17) is 0 Å². The van der Waals surface area contributed by atoms with Crippen LogP contribution in [0.1, 0.15) is 38.5 Å². The molecule has 0 aliphatic heterocycles. The molecule has 0 fully saturated rings. The molecule has 0 saturated heterocycles. The number of allylic oxidation sites excluding steroid dienone is 2. The highest BCUT2D eigenvalue weighted by Crippen LogP contribution is 2.53. The third-order valence-electron chi connectivity index (χ3n) is 4.18. The molecule has 1 spiro atoms. The van der Waals surface area contributed by atoms with Crippen LogP contribution in [0.5, 0.6) is 0 Å². The molecule has 2 aliphatic carbocycles. The van der Waals surface area contributed by atoms with Gasteiger partial charge >= 0.3 is 31.3 Å². The minimum absolute atomic E-state index is 0.101. The van der Waals surface area contributed by atoms with Crippen molar-refractivity contribution in [2.24, 2.45) is 5.41 Å². The summed E-state index contributed by atoms with van der Waals surface area (Å²) in [4.78, 5) is 0. The number of alkyl halides is 6. The maximum atomic E-state index is 12.6. The summed E-state index contributed by atoms with van der Waals surface area (Å²) >= 11 is 0. The lowest BCUT2D eigenvalue weighted by molar-refractivity contribution is -0.0555. The summed E-state index contributed by atoms with van der Waals surface area (Å²) in [6.07, 6.45) is 2.44. The van der Waals surface area contributed by atoms with Crippen molar-refractivity contribution in [2.75, 3.05) is 0 Å². The molecule has 0 heterocycles. The summed E-state index contributed by atoms with van der Waals surface area (Å²) in [6.45, 7) is 0. The Morgan fingerprint density at radius 2 is 1.07 bits per heavy atom. The zero-order valence-corrected chi connectivity index (χ0v) is 15.1. The van der Waals surface area contributed by atoms with Gasteiger partial charge in [-0.15, -0.1) is 0 Å². The second-order valence-electron chi connectivity index (χ2n) is 5.97. The lowest BCUT2D eigenvalue weighted by atomic mass is 9.69. The maximum absolute atomic E-state index is 12.6. The minimum atomic E-state index is -6.09. The summed E-state index contributed by atoms with van der Waals surface area (Å²) < 4.78 is 130. The van der Waals surface area contributed by atoms with Crippen LogP contribution < -0.4 is 0 Å². The van der Waals surface area contributed by atoms with E-state index in [9.17, 15) is 43.2 Å². The molecule has 0 amide bonds. The molecule has 0 bridgehead atoms. The van der Waals surface area contributed by atoms with Crippen LogP contribution in [0.15, 0.2) is 23.7 Å². The number of rotatable bonds is 4. The van der Waals surface area contributed by atoms with Gasteiger partial charge in [0.1, 0.15) is 11.5 Å². The van der Waals surface area contributed by atoms with Crippen LogP contribution in [0.25, 0.3) is 0 Å². The molecule has 14 heteroatoms. The quantitative estimate of drug-likeness (QED) is 0.372. The van der Waals surface area contributed by atoms with E-state index in [1.54, 1.807) is 0 Å². The van der Waals surface area contributed by atoms with Gasteiger partial charge in [0.15, 0.2) is 0 Å². The predicted octanol–water partition coefficient (Wildman–Crippen LogP) is 3.84. The van der Waals surface area contributed by atoms with Crippen molar-refractivity contribution in [2.45, 2.75) is 49.5 Å². The third-order valence-corrected chi connectivity index (χ3v) is 6.12. The lowest BCUT2D eigenvalue weighted by Crippen LogP contribution is -2.38. The van der Waals surface area contributed by atoms with E-state index in [0.717, 1.165) is 12.2 Å². The van der Waals surface area contributed by atoms with E-state index in [0.29, 0.717) is 0 Å². The topological polar surface area (TPSA) is 86.7 Å². The second kappa shape index (κ2) is 6.87. The fourth-order valence-electron chi connectivity index (χ4n) is 2.96. The number of halogens is 6. The molecule has 0 aromatic heterocycles. The van der Waals surface area contributed by atoms with Crippen molar-refractivity contribution in [1.29, 1.82) is 0 Å². The van der Waals surface area contributed by atoms with E-state index in [1.165, 1.54) is 0 Å². The molecule has 0 atom stereocenters. The first-order valence-electron chi connectivity index (χ1n) is 7.55. The first-order chi connectivity index (χ1) is 12.1. The van der Waals surface area contributed by atoms with Gasteiger partial charge in [0.05, 0.1) is 5.41 Å². The molecule has 6 nitrogen and oxygen atoms in total. The van der Waals surface area contributed by atoms with Gasteiger partial charge in [-0.25, -0.2) is 0 Å². The summed E-state index contributed by atoms with van der Waals surface area (Å²) in [5.74, 6) is -1.57. The normalized spacial score (nSPS) is 21.4. The highest BCUT2D eigenvalue weighted by atomic mass is 32.2. The lowest BCUT2D eigenvalue weighted by Gasteiger charge is -2.40. The smallest absolute Gasteiger partial charge is 0.380 e. The minimum Gasteiger partial charge on any atom is -0.380 e. The summed E-state index contributed by atoms with van der Waals surface area (Å²) in [5.41, 5.74) is -13.4. The molecular weight excluding hydrogens is 430 g/mol. The van der Waals surface area contributed by atoms with Crippen molar-refractivity contribution in [3.8, 4) is 0 Å². The molecule has 2 aliphatic rings. The Balaban J connectivity index is 2.47. The SMILES string of the molecule is O=S(=O)(OC1=CCCCC12CCCC=C2OS(=O)(=O)C(F)(F)F)C(F)(F)F. The van der Waals surface area contributed by atoms with Crippen LogP contribution in [0.3, 0.4) is 0 Å². The number of hydrogen-bond donors (Lipinski definition) is 0. The molecular formula is C13H14F6O6S2. The second-order valence-corrected chi connectivity index (χ2v) is 9.05. The van der Waals surface area contributed by atoms with Crippen molar-refractivity contribution < 1.29 is 51.5 Å². The standard InChI is InChI=1S/C13H14F6O6S2/c14-12(15,16)26(20,21)24-9-5-1-3-7-11(9)8-4-2-6-10(11)25-27(22,23)13(17,18)19/h5-6H,1-4,7-8H2. The molecule has 0 N–H and O–H groups in total. The molecule has 0 saturated carbocycles. The zero-order chi connectivity index (χ0) is 20.7. The highest BCUT2D eigenvalue weighted by molar-refractivity contribution is 7.88.